The van der Waals surface area contributed by atoms with Crippen molar-refractivity contribution >= 4 is 28.0 Å². The molecule has 0 amide bonds. The van der Waals surface area contributed by atoms with E-state index in [-0.39, 0.29) is 6.61 Å². The van der Waals surface area contributed by atoms with Crippen LogP contribution in [0.3, 0.4) is 0 Å². The molecule has 0 radical (unpaired) electrons. The molecule has 0 unspecified atom stereocenters. The van der Waals surface area contributed by atoms with Crippen LogP contribution in [0.4, 0.5) is 0 Å². The summed E-state index contributed by atoms with van der Waals surface area (Å²) in [5.41, 5.74) is -2.65. The van der Waals surface area contributed by atoms with Crippen molar-refractivity contribution in [3.8, 4) is 0 Å². The maximum atomic E-state index is 12.4. The van der Waals surface area contributed by atoms with Crippen molar-refractivity contribution in [1.82, 2.24) is 9.55 Å². The first-order valence-corrected chi connectivity index (χ1v) is 11.0. The molecular formula is C17H22N2O12S. The van der Waals surface area contributed by atoms with Gasteiger partial charge in [0.05, 0.1) is 12.9 Å². The molecule has 1 aromatic heterocycles. The van der Waals surface area contributed by atoms with Crippen molar-refractivity contribution in [2.75, 3.05) is 19.5 Å². The van der Waals surface area contributed by atoms with E-state index < -0.39 is 76.0 Å². The number of aromatic amines is 1. The van der Waals surface area contributed by atoms with Crippen molar-refractivity contribution in [3.05, 3.63) is 32.6 Å². The van der Waals surface area contributed by atoms with Gasteiger partial charge in [-0.2, -0.15) is 8.42 Å². The predicted octanol–water partition coefficient (Wildman–Crippen LogP) is -1.55. The van der Waals surface area contributed by atoms with Gasteiger partial charge in [0.25, 0.3) is 15.7 Å². The summed E-state index contributed by atoms with van der Waals surface area (Å²) in [6.07, 6.45) is -4.35. The van der Waals surface area contributed by atoms with Crippen molar-refractivity contribution < 1.29 is 45.9 Å². The van der Waals surface area contributed by atoms with E-state index in [4.69, 9.17) is 23.1 Å². The molecule has 0 spiro atoms. The van der Waals surface area contributed by atoms with Gasteiger partial charge < -0.3 is 18.9 Å². The molecule has 4 atom stereocenters. The second-order valence-electron chi connectivity index (χ2n) is 6.64. The summed E-state index contributed by atoms with van der Waals surface area (Å²) in [7, 11) is -4.13. The van der Waals surface area contributed by atoms with Crippen molar-refractivity contribution in [2.45, 2.75) is 45.3 Å². The summed E-state index contributed by atoms with van der Waals surface area (Å²) in [6.45, 7) is 3.06. The monoisotopic (exact) mass is 478 g/mol. The molecule has 1 saturated heterocycles. The molecule has 1 aliphatic heterocycles. The lowest BCUT2D eigenvalue weighted by molar-refractivity contribution is -0.155. The van der Waals surface area contributed by atoms with E-state index in [1.165, 1.54) is 6.92 Å². The maximum absolute atomic E-state index is 12.4. The summed E-state index contributed by atoms with van der Waals surface area (Å²) in [4.78, 5) is 61.3. The summed E-state index contributed by atoms with van der Waals surface area (Å²) in [5, 5.41) is 0. The summed E-state index contributed by atoms with van der Waals surface area (Å²) >= 11 is 0. The second-order valence-corrected chi connectivity index (χ2v) is 8.24. The number of rotatable bonds is 8. The minimum atomic E-state index is -4.13. The molecule has 0 aromatic carbocycles. The minimum absolute atomic E-state index is 0.0534. The van der Waals surface area contributed by atoms with Gasteiger partial charge in [-0.3, -0.25) is 28.1 Å². The van der Waals surface area contributed by atoms with Crippen LogP contribution in [0.15, 0.2) is 15.8 Å². The molecule has 0 aliphatic carbocycles. The number of hydrogen-bond acceptors (Lipinski definition) is 12. The Kier molecular flexibility index (Phi) is 7.92. The van der Waals surface area contributed by atoms with Gasteiger partial charge in [0.15, 0.2) is 12.3 Å². The van der Waals surface area contributed by atoms with Gasteiger partial charge in [-0.25, -0.2) is 9.59 Å². The lowest BCUT2D eigenvalue weighted by atomic mass is 10.1. The average molecular weight is 478 g/mol. The van der Waals surface area contributed by atoms with Crippen LogP contribution < -0.4 is 11.2 Å². The number of nitrogens with zero attached hydrogens (tertiary/aromatic N) is 1. The zero-order chi connectivity index (χ0) is 24.2. The third kappa shape index (κ3) is 6.24. The molecule has 0 bridgehead atoms. The van der Waals surface area contributed by atoms with E-state index in [0.717, 1.165) is 26.3 Å². The Hall–Kier alpha value is -3.04. The van der Waals surface area contributed by atoms with Crippen LogP contribution in [-0.4, -0.2) is 73.7 Å². The molecule has 1 aromatic rings. The van der Waals surface area contributed by atoms with Gasteiger partial charge in [0, 0.05) is 20.0 Å². The summed E-state index contributed by atoms with van der Waals surface area (Å²) in [5.74, 6) is -2.63. The molecule has 2 rings (SSSR count). The minimum Gasteiger partial charge on any atom is -0.463 e. The van der Waals surface area contributed by atoms with E-state index in [1.807, 2.05) is 4.98 Å². The summed E-state index contributed by atoms with van der Waals surface area (Å²) < 4.78 is 49.6. The number of ether oxygens (including phenoxy) is 4. The molecule has 15 heteroatoms. The van der Waals surface area contributed by atoms with Crippen molar-refractivity contribution in [1.29, 1.82) is 0 Å². The highest BCUT2D eigenvalue weighted by Crippen LogP contribution is 2.34. The molecule has 14 nitrogen and oxygen atoms in total. The Balaban J connectivity index is 2.58. The van der Waals surface area contributed by atoms with E-state index >= 15 is 0 Å². The number of esters is 3. The molecule has 178 valence electrons. The molecule has 1 N–H and O–H groups in total. The van der Waals surface area contributed by atoms with Gasteiger partial charge in [-0.05, 0) is 6.92 Å². The van der Waals surface area contributed by atoms with Crippen LogP contribution in [0.25, 0.3) is 0 Å². The Morgan fingerprint density at radius 3 is 2.31 bits per heavy atom. The smallest absolute Gasteiger partial charge is 0.345 e. The van der Waals surface area contributed by atoms with E-state index in [1.54, 1.807) is 0 Å². The van der Waals surface area contributed by atoms with Gasteiger partial charge in [0.2, 0.25) is 0 Å². The molecule has 1 fully saturated rings. The van der Waals surface area contributed by atoms with Crippen LogP contribution in [0.1, 0.15) is 37.4 Å². The highest BCUT2D eigenvalue weighted by Gasteiger charge is 2.51. The first-order valence-electron chi connectivity index (χ1n) is 9.21. The van der Waals surface area contributed by atoms with Crippen LogP contribution in [0.2, 0.25) is 0 Å². The first-order chi connectivity index (χ1) is 14.8. The van der Waals surface area contributed by atoms with Crippen LogP contribution in [-0.2, 0) is 42.8 Å². The average Bonchev–Trinajstić information content (AvgIpc) is 2.95. The zero-order valence-electron chi connectivity index (χ0n) is 17.6. The van der Waals surface area contributed by atoms with Gasteiger partial charge in [0.1, 0.15) is 24.4 Å². The standard InChI is InChI=1S/C17H22N2O12S/c1-5-27-16(23)10-6-19(17(24)18-14(10)22)15-13(29-9(3)21)12(31-32(4,25)26)11(30-15)7-28-8(2)20/h6,11-13,15H,5,7H2,1-4H3,(H,18,22,24)/t11-,12+,13-,15-/m1/s1. The van der Waals surface area contributed by atoms with Crippen LogP contribution in [0.5, 0.6) is 0 Å². The second kappa shape index (κ2) is 10.1. The number of nitrogens with one attached hydrogen (secondary N) is 1. The first kappa shape index (κ1) is 25.2. The number of hydrogen-bond donors (Lipinski definition) is 1. The third-order valence-corrected chi connectivity index (χ3v) is 4.63. The highest BCUT2D eigenvalue weighted by atomic mass is 32.2. The topological polar surface area (TPSA) is 186 Å². The predicted molar refractivity (Wildman–Crippen MR) is 103 cm³/mol. The molecule has 32 heavy (non-hydrogen) atoms. The highest BCUT2D eigenvalue weighted by molar-refractivity contribution is 7.86. The Morgan fingerprint density at radius 2 is 1.78 bits per heavy atom. The molecule has 0 saturated carbocycles. The Morgan fingerprint density at radius 1 is 1.12 bits per heavy atom. The van der Waals surface area contributed by atoms with Crippen LogP contribution >= 0.6 is 0 Å². The number of aromatic nitrogens is 2. The third-order valence-electron chi connectivity index (χ3n) is 4.06. The fourth-order valence-electron chi connectivity index (χ4n) is 2.93. The SMILES string of the molecule is CCOC(=O)c1cn([C@@H]2O[C@H](COC(C)=O)[C@H](OS(C)(=O)=O)[C@H]2OC(C)=O)c(=O)[nH]c1=O. The largest absolute Gasteiger partial charge is 0.463 e. The summed E-state index contributed by atoms with van der Waals surface area (Å²) in [6, 6.07) is 0. The Labute approximate surface area is 181 Å². The number of carbonyl (C=O) groups is 3. The van der Waals surface area contributed by atoms with E-state index in [9.17, 15) is 32.4 Å². The van der Waals surface area contributed by atoms with Gasteiger partial charge in [-0.1, -0.05) is 0 Å². The van der Waals surface area contributed by atoms with Crippen molar-refractivity contribution in [2.24, 2.45) is 0 Å². The molecular weight excluding hydrogens is 456 g/mol. The zero-order valence-corrected chi connectivity index (χ0v) is 18.4. The van der Waals surface area contributed by atoms with Gasteiger partial charge in [-0.15, -0.1) is 0 Å². The van der Waals surface area contributed by atoms with Gasteiger partial charge >= 0.3 is 23.6 Å². The lowest BCUT2D eigenvalue weighted by Gasteiger charge is -2.23. The maximum Gasteiger partial charge on any atom is 0.345 e. The number of carbonyl (C=O) groups excluding carboxylic acids is 3. The van der Waals surface area contributed by atoms with E-state index in [2.05, 4.69) is 0 Å². The fourth-order valence-corrected chi connectivity index (χ4v) is 3.57. The Bertz CT molecular complexity index is 1110. The lowest BCUT2D eigenvalue weighted by Crippen LogP contribution is -2.43. The fraction of sp³-hybridized carbons (Fsp3) is 0.588. The van der Waals surface area contributed by atoms with Crippen LogP contribution in [0, 0.1) is 0 Å². The quantitative estimate of drug-likeness (QED) is 0.258. The van der Waals surface area contributed by atoms with E-state index in [0.29, 0.717) is 4.57 Å². The molecule has 1 aliphatic rings. The van der Waals surface area contributed by atoms with Crippen molar-refractivity contribution in [3.63, 3.8) is 0 Å². The molecule has 2 heterocycles. The number of H-pyrrole nitrogens is 1. The normalized spacial score (nSPS) is 22.9.